The average Bonchev–Trinajstić information content (AvgIpc) is 2.77. The van der Waals surface area contributed by atoms with Gasteiger partial charge >= 0.3 is 0 Å². The molecule has 1 saturated heterocycles. The molecule has 0 amide bonds. The summed E-state index contributed by atoms with van der Waals surface area (Å²) in [6.07, 6.45) is 0. The van der Waals surface area contributed by atoms with Gasteiger partial charge in [-0.15, -0.1) is 0 Å². The maximum atomic E-state index is 13.2. The van der Waals surface area contributed by atoms with Gasteiger partial charge in [-0.2, -0.15) is 0 Å². The van der Waals surface area contributed by atoms with Gasteiger partial charge < -0.3 is 39.1 Å². The van der Waals surface area contributed by atoms with Crippen LogP contribution in [0.5, 0.6) is 34.5 Å². The fourth-order valence-electron chi connectivity index (χ4n) is 3.59. The van der Waals surface area contributed by atoms with Crippen LogP contribution in [0.25, 0.3) is 22.3 Å². The molecule has 32 heavy (non-hydrogen) atoms. The van der Waals surface area contributed by atoms with Gasteiger partial charge in [-0.05, 0) is 12.1 Å². The van der Waals surface area contributed by atoms with Crippen LogP contribution in [0.1, 0.15) is 0 Å². The van der Waals surface area contributed by atoms with Crippen molar-refractivity contribution in [3.05, 3.63) is 34.5 Å². The minimum atomic E-state index is -0.704. The van der Waals surface area contributed by atoms with Crippen LogP contribution in [-0.4, -0.2) is 71.9 Å². The molecule has 1 aliphatic rings. The van der Waals surface area contributed by atoms with E-state index in [4.69, 9.17) is 18.6 Å². The van der Waals surface area contributed by atoms with Crippen molar-refractivity contribution >= 4 is 11.0 Å². The Bertz CT molecular complexity index is 1180. The highest BCUT2D eigenvalue weighted by atomic mass is 16.5. The number of fused-ring (bicyclic) bond motifs is 1. The Balaban J connectivity index is 1.75. The molecule has 170 valence electrons. The summed E-state index contributed by atoms with van der Waals surface area (Å²) >= 11 is 0. The van der Waals surface area contributed by atoms with Gasteiger partial charge in [-0.25, -0.2) is 0 Å². The third kappa shape index (κ3) is 4.10. The molecule has 0 saturated carbocycles. The third-order valence-corrected chi connectivity index (χ3v) is 5.21. The van der Waals surface area contributed by atoms with Gasteiger partial charge in [0, 0.05) is 37.3 Å². The molecule has 4 N–H and O–H groups in total. The molecule has 2 heterocycles. The minimum Gasteiger partial charge on any atom is -0.508 e. The van der Waals surface area contributed by atoms with Crippen molar-refractivity contribution in [1.82, 2.24) is 4.90 Å². The molecule has 2 aromatic carbocycles. The lowest BCUT2D eigenvalue weighted by Gasteiger charge is -2.26. The Morgan fingerprint density at radius 1 is 1.03 bits per heavy atom. The molecular weight excluding hydrogens is 422 g/mol. The molecule has 0 radical (unpaired) electrons. The molecule has 1 aliphatic heterocycles. The second-order valence-electron chi connectivity index (χ2n) is 7.28. The molecule has 0 aliphatic carbocycles. The number of rotatable bonds is 6. The molecule has 10 heteroatoms. The normalized spacial score (nSPS) is 14.5. The molecule has 1 fully saturated rings. The van der Waals surface area contributed by atoms with Crippen LogP contribution >= 0.6 is 0 Å². The SMILES string of the molecule is COc1c(-c2cc(O)c(O)c(O)c2)oc2cc(O)cc(OCCN3CCOCC3)c2c1=O. The number of aromatic hydroxyl groups is 4. The number of benzene rings is 2. The van der Waals surface area contributed by atoms with Crippen molar-refractivity contribution in [3.63, 3.8) is 0 Å². The lowest BCUT2D eigenvalue weighted by molar-refractivity contribution is 0.0323. The van der Waals surface area contributed by atoms with Gasteiger partial charge in [0.05, 0.1) is 20.3 Å². The van der Waals surface area contributed by atoms with Gasteiger partial charge in [0.2, 0.25) is 11.2 Å². The Labute approximate surface area is 182 Å². The number of morpholine rings is 1. The molecule has 3 aromatic rings. The van der Waals surface area contributed by atoms with Crippen LogP contribution in [0.2, 0.25) is 0 Å². The van der Waals surface area contributed by atoms with Crippen molar-refractivity contribution < 1.29 is 39.1 Å². The Hall–Kier alpha value is -3.63. The van der Waals surface area contributed by atoms with E-state index in [0.29, 0.717) is 19.8 Å². The number of phenolic OH excluding ortho intramolecular Hbond substituents is 4. The van der Waals surface area contributed by atoms with Gasteiger partial charge in [-0.3, -0.25) is 9.69 Å². The first-order chi connectivity index (χ1) is 15.4. The minimum absolute atomic E-state index is 0.0271. The largest absolute Gasteiger partial charge is 0.508 e. The Morgan fingerprint density at radius 2 is 1.72 bits per heavy atom. The van der Waals surface area contributed by atoms with E-state index in [1.165, 1.54) is 19.2 Å². The standard InChI is InChI=1S/C22H23NO9/c1-29-22-20(28)18-16(31-7-4-23-2-5-30-6-3-23)10-13(24)11-17(18)32-21(22)12-8-14(25)19(27)15(26)9-12/h8-11,24-27H,2-7H2,1H3. The van der Waals surface area contributed by atoms with E-state index in [1.807, 2.05) is 0 Å². The highest BCUT2D eigenvalue weighted by molar-refractivity contribution is 5.89. The maximum absolute atomic E-state index is 13.2. The predicted molar refractivity (Wildman–Crippen MR) is 114 cm³/mol. The van der Waals surface area contributed by atoms with Crippen molar-refractivity contribution in [1.29, 1.82) is 0 Å². The van der Waals surface area contributed by atoms with E-state index in [1.54, 1.807) is 0 Å². The van der Waals surface area contributed by atoms with Gasteiger partial charge in [0.25, 0.3) is 0 Å². The summed E-state index contributed by atoms with van der Waals surface area (Å²) < 4.78 is 22.2. The fraction of sp³-hybridized carbons (Fsp3) is 0.318. The third-order valence-electron chi connectivity index (χ3n) is 5.21. The molecule has 0 bridgehead atoms. The number of nitrogens with zero attached hydrogens (tertiary/aromatic N) is 1. The van der Waals surface area contributed by atoms with Gasteiger partial charge in [0.1, 0.15) is 29.1 Å². The Kier molecular flexibility index (Phi) is 5.97. The van der Waals surface area contributed by atoms with Crippen molar-refractivity contribution in [2.75, 3.05) is 46.6 Å². The Morgan fingerprint density at radius 3 is 2.38 bits per heavy atom. The molecule has 0 spiro atoms. The summed E-state index contributed by atoms with van der Waals surface area (Å²) in [5, 5.41) is 39.5. The van der Waals surface area contributed by atoms with Crippen molar-refractivity contribution in [3.8, 4) is 45.8 Å². The lowest BCUT2D eigenvalue weighted by Crippen LogP contribution is -2.38. The topological polar surface area (TPSA) is 142 Å². The summed E-state index contributed by atoms with van der Waals surface area (Å²) in [7, 11) is 1.28. The molecule has 0 atom stereocenters. The van der Waals surface area contributed by atoms with Crippen molar-refractivity contribution in [2.24, 2.45) is 0 Å². The highest BCUT2D eigenvalue weighted by Gasteiger charge is 2.23. The van der Waals surface area contributed by atoms with Crippen LogP contribution in [-0.2, 0) is 4.74 Å². The summed E-state index contributed by atoms with van der Waals surface area (Å²) in [5.41, 5.74) is -0.441. The molecular formula is C22H23NO9. The number of methoxy groups -OCH3 is 1. The second kappa shape index (κ2) is 8.85. The molecule has 4 rings (SSSR count). The average molecular weight is 445 g/mol. The monoisotopic (exact) mass is 445 g/mol. The van der Waals surface area contributed by atoms with Crippen LogP contribution in [0.4, 0.5) is 0 Å². The zero-order chi connectivity index (χ0) is 22.8. The zero-order valence-electron chi connectivity index (χ0n) is 17.3. The molecule has 10 nitrogen and oxygen atoms in total. The van der Waals surface area contributed by atoms with Crippen molar-refractivity contribution in [2.45, 2.75) is 0 Å². The summed E-state index contributed by atoms with van der Waals surface area (Å²) in [6.45, 7) is 3.78. The number of phenols is 4. The summed E-state index contributed by atoms with van der Waals surface area (Å²) in [4.78, 5) is 15.4. The van der Waals surface area contributed by atoms with E-state index >= 15 is 0 Å². The zero-order valence-corrected chi connectivity index (χ0v) is 17.3. The number of ether oxygens (including phenoxy) is 3. The maximum Gasteiger partial charge on any atom is 0.239 e. The van der Waals surface area contributed by atoms with Crippen LogP contribution in [0.15, 0.2) is 33.5 Å². The van der Waals surface area contributed by atoms with Gasteiger partial charge in [-0.1, -0.05) is 0 Å². The fourth-order valence-corrected chi connectivity index (χ4v) is 3.59. The quantitative estimate of drug-likeness (QED) is 0.416. The second-order valence-corrected chi connectivity index (χ2v) is 7.28. The first-order valence-corrected chi connectivity index (χ1v) is 9.95. The number of hydrogen-bond donors (Lipinski definition) is 4. The van der Waals surface area contributed by atoms with Crippen LogP contribution in [0, 0.1) is 0 Å². The molecule has 0 unspecified atom stereocenters. The first-order valence-electron chi connectivity index (χ1n) is 9.95. The van der Waals surface area contributed by atoms with Gasteiger partial charge in [0.15, 0.2) is 23.0 Å². The summed E-state index contributed by atoms with van der Waals surface area (Å²) in [5.74, 6) is -2.23. The lowest BCUT2D eigenvalue weighted by atomic mass is 10.1. The van der Waals surface area contributed by atoms with E-state index < -0.39 is 22.7 Å². The molecule has 1 aromatic heterocycles. The van der Waals surface area contributed by atoms with E-state index in [0.717, 1.165) is 25.2 Å². The highest BCUT2D eigenvalue weighted by Crippen LogP contribution is 2.42. The van der Waals surface area contributed by atoms with E-state index in [9.17, 15) is 25.2 Å². The number of hydrogen-bond acceptors (Lipinski definition) is 10. The van der Waals surface area contributed by atoms with Crippen LogP contribution < -0.4 is 14.9 Å². The predicted octanol–water partition coefficient (Wildman–Crippen LogP) is 2.00. The summed E-state index contributed by atoms with van der Waals surface area (Å²) in [6, 6.07) is 4.82. The smallest absolute Gasteiger partial charge is 0.239 e. The van der Waals surface area contributed by atoms with E-state index in [2.05, 4.69) is 4.90 Å². The van der Waals surface area contributed by atoms with E-state index in [-0.39, 0.29) is 46.1 Å². The first kappa shape index (κ1) is 21.6. The van der Waals surface area contributed by atoms with Crippen LogP contribution in [0.3, 0.4) is 0 Å².